The molecule has 0 spiro atoms. The van der Waals surface area contributed by atoms with E-state index in [-0.39, 0.29) is 0 Å². The Labute approximate surface area is 82.3 Å². The summed E-state index contributed by atoms with van der Waals surface area (Å²) in [5, 5.41) is 8.84. The molecule has 1 aromatic rings. The maximum atomic E-state index is 10.8. The van der Waals surface area contributed by atoms with E-state index in [0.29, 0.717) is 17.0 Å². The van der Waals surface area contributed by atoms with E-state index < -0.39 is 11.9 Å². The molecule has 0 bridgehead atoms. The fourth-order valence-electron chi connectivity index (χ4n) is 1.22. The standard InChI is InChI=1S/C10H13NO3/c1-6(10(12)13)8-4-3-7(11)5-9(8)14-2/h3-6H,11H2,1-2H3,(H,12,13). The van der Waals surface area contributed by atoms with Gasteiger partial charge in [0.2, 0.25) is 0 Å². The number of carbonyl (C=O) groups is 1. The minimum absolute atomic E-state index is 0.514. The van der Waals surface area contributed by atoms with Crippen LogP contribution in [0.3, 0.4) is 0 Å². The number of hydrogen-bond acceptors (Lipinski definition) is 3. The Morgan fingerprint density at radius 2 is 2.21 bits per heavy atom. The van der Waals surface area contributed by atoms with Gasteiger partial charge in [-0.1, -0.05) is 6.07 Å². The van der Waals surface area contributed by atoms with E-state index >= 15 is 0 Å². The van der Waals surface area contributed by atoms with Crippen LogP contribution in [0.1, 0.15) is 18.4 Å². The monoisotopic (exact) mass is 195 g/mol. The molecule has 0 aliphatic rings. The molecule has 1 atom stereocenters. The first-order chi connectivity index (χ1) is 6.56. The van der Waals surface area contributed by atoms with Crippen LogP contribution in [-0.4, -0.2) is 18.2 Å². The van der Waals surface area contributed by atoms with E-state index in [1.807, 2.05) is 0 Å². The second-order valence-electron chi connectivity index (χ2n) is 3.06. The van der Waals surface area contributed by atoms with Gasteiger partial charge in [0.05, 0.1) is 13.0 Å². The van der Waals surface area contributed by atoms with Crippen molar-refractivity contribution >= 4 is 11.7 Å². The first-order valence-electron chi connectivity index (χ1n) is 4.22. The van der Waals surface area contributed by atoms with Crippen LogP contribution < -0.4 is 10.5 Å². The number of nitrogen functional groups attached to an aromatic ring is 1. The summed E-state index contributed by atoms with van der Waals surface area (Å²) in [6, 6.07) is 4.96. The predicted molar refractivity (Wildman–Crippen MR) is 53.5 cm³/mol. The Morgan fingerprint density at radius 1 is 1.57 bits per heavy atom. The van der Waals surface area contributed by atoms with Crippen LogP contribution in [-0.2, 0) is 4.79 Å². The highest BCUT2D eigenvalue weighted by atomic mass is 16.5. The molecule has 0 aliphatic heterocycles. The molecule has 0 heterocycles. The van der Waals surface area contributed by atoms with Crippen molar-refractivity contribution in [1.82, 2.24) is 0 Å². The van der Waals surface area contributed by atoms with E-state index in [0.717, 1.165) is 0 Å². The lowest BCUT2D eigenvalue weighted by Gasteiger charge is -2.12. The van der Waals surface area contributed by atoms with Gasteiger partial charge in [-0.05, 0) is 13.0 Å². The number of benzene rings is 1. The van der Waals surface area contributed by atoms with Crippen LogP contribution in [0.4, 0.5) is 5.69 Å². The Morgan fingerprint density at radius 3 is 2.71 bits per heavy atom. The summed E-state index contributed by atoms with van der Waals surface area (Å²) in [7, 11) is 1.49. The topological polar surface area (TPSA) is 72.5 Å². The normalized spacial score (nSPS) is 12.1. The van der Waals surface area contributed by atoms with Gasteiger partial charge in [0.15, 0.2) is 0 Å². The minimum Gasteiger partial charge on any atom is -0.496 e. The average molecular weight is 195 g/mol. The molecule has 0 aromatic heterocycles. The molecule has 3 N–H and O–H groups in total. The van der Waals surface area contributed by atoms with Crippen LogP contribution in [0.5, 0.6) is 5.75 Å². The number of rotatable bonds is 3. The molecule has 0 aliphatic carbocycles. The molecule has 0 fully saturated rings. The first kappa shape index (κ1) is 10.4. The number of anilines is 1. The number of ether oxygens (including phenoxy) is 1. The summed E-state index contributed by atoms with van der Waals surface area (Å²) in [5.41, 5.74) is 6.74. The highest BCUT2D eigenvalue weighted by molar-refractivity contribution is 5.77. The first-order valence-corrected chi connectivity index (χ1v) is 4.22. The van der Waals surface area contributed by atoms with E-state index in [1.165, 1.54) is 7.11 Å². The van der Waals surface area contributed by atoms with Crippen molar-refractivity contribution in [2.24, 2.45) is 0 Å². The zero-order valence-electron chi connectivity index (χ0n) is 8.15. The van der Waals surface area contributed by atoms with Gasteiger partial charge < -0.3 is 15.6 Å². The molecule has 0 amide bonds. The Bertz CT molecular complexity index is 349. The molecule has 4 heteroatoms. The molecule has 4 nitrogen and oxygen atoms in total. The summed E-state index contributed by atoms with van der Waals surface area (Å²) in [4.78, 5) is 10.8. The predicted octanol–water partition coefficient (Wildman–Crippen LogP) is 1.47. The minimum atomic E-state index is -0.881. The van der Waals surface area contributed by atoms with Crippen LogP contribution in [0, 0.1) is 0 Å². The van der Waals surface area contributed by atoms with Gasteiger partial charge in [-0.3, -0.25) is 4.79 Å². The zero-order valence-corrected chi connectivity index (χ0v) is 8.15. The molecule has 76 valence electrons. The summed E-state index contributed by atoms with van der Waals surface area (Å²) < 4.78 is 5.05. The lowest BCUT2D eigenvalue weighted by atomic mass is 10.00. The van der Waals surface area contributed by atoms with E-state index in [2.05, 4.69) is 0 Å². The van der Waals surface area contributed by atoms with Gasteiger partial charge in [-0.15, -0.1) is 0 Å². The summed E-state index contributed by atoms with van der Waals surface area (Å²) >= 11 is 0. The molecule has 0 saturated carbocycles. The number of methoxy groups -OCH3 is 1. The third-order valence-electron chi connectivity index (χ3n) is 2.09. The van der Waals surface area contributed by atoms with Gasteiger partial charge in [0.1, 0.15) is 5.75 Å². The van der Waals surface area contributed by atoms with Crippen molar-refractivity contribution in [3.8, 4) is 5.75 Å². The summed E-state index contributed by atoms with van der Waals surface area (Å²) in [6.45, 7) is 1.61. The van der Waals surface area contributed by atoms with E-state index in [9.17, 15) is 4.79 Å². The Balaban J connectivity index is 3.13. The third kappa shape index (κ3) is 1.96. The Kier molecular flexibility index (Phi) is 2.96. The molecule has 0 radical (unpaired) electrons. The van der Waals surface area contributed by atoms with Crippen LogP contribution >= 0.6 is 0 Å². The van der Waals surface area contributed by atoms with Gasteiger partial charge >= 0.3 is 5.97 Å². The third-order valence-corrected chi connectivity index (χ3v) is 2.09. The van der Waals surface area contributed by atoms with E-state index in [1.54, 1.807) is 25.1 Å². The quantitative estimate of drug-likeness (QED) is 0.716. The fraction of sp³-hybridized carbons (Fsp3) is 0.300. The second-order valence-corrected chi connectivity index (χ2v) is 3.06. The van der Waals surface area contributed by atoms with Crippen LogP contribution in [0.25, 0.3) is 0 Å². The SMILES string of the molecule is COc1cc(N)ccc1C(C)C(=O)O. The van der Waals surface area contributed by atoms with Crippen LogP contribution in [0.2, 0.25) is 0 Å². The highest BCUT2D eigenvalue weighted by Crippen LogP contribution is 2.28. The average Bonchev–Trinajstić information content (AvgIpc) is 2.16. The Hall–Kier alpha value is -1.71. The summed E-state index contributed by atoms with van der Waals surface area (Å²) in [6.07, 6.45) is 0. The lowest BCUT2D eigenvalue weighted by Crippen LogP contribution is -2.09. The molecule has 1 rings (SSSR count). The van der Waals surface area contributed by atoms with Gasteiger partial charge in [0, 0.05) is 17.3 Å². The number of aliphatic carboxylic acids is 1. The zero-order chi connectivity index (χ0) is 10.7. The number of carboxylic acid groups (broad SMARTS) is 1. The number of hydrogen-bond donors (Lipinski definition) is 2. The lowest BCUT2D eigenvalue weighted by molar-refractivity contribution is -0.138. The molecule has 1 aromatic carbocycles. The molecular formula is C10H13NO3. The molecule has 1 unspecified atom stereocenters. The van der Waals surface area contributed by atoms with Crippen molar-refractivity contribution in [3.05, 3.63) is 23.8 Å². The summed E-state index contributed by atoms with van der Waals surface area (Å²) in [5.74, 6) is -0.960. The van der Waals surface area contributed by atoms with Crippen LogP contribution in [0.15, 0.2) is 18.2 Å². The molecule has 0 saturated heterocycles. The van der Waals surface area contributed by atoms with Crippen molar-refractivity contribution < 1.29 is 14.6 Å². The highest BCUT2D eigenvalue weighted by Gasteiger charge is 2.17. The maximum Gasteiger partial charge on any atom is 0.310 e. The molecular weight excluding hydrogens is 182 g/mol. The van der Waals surface area contributed by atoms with Crippen molar-refractivity contribution in [3.63, 3.8) is 0 Å². The second kappa shape index (κ2) is 4.00. The van der Waals surface area contributed by atoms with Gasteiger partial charge in [0.25, 0.3) is 0 Å². The molecule has 14 heavy (non-hydrogen) atoms. The number of carboxylic acids is 1. The largest absolute Gasteiger partial charge is 0.496 e. The number of nitrogens with two attached hydrogens (primary N) is 1. The van der Waals surface area contributed by atoms with Crippen molar-refractivity contribution in [1.29, 1.82) is 0 Å². The van der Waals surface area contributed by atoms with E-state index in [4.69, 9.17) is 15.6 Å². The van der Waals surface area contributed by atoms with Crippen molar-refractivity contribution in [2.75, 3.05) is 12.8 Å². The van der Waals surface area contributed by atoms with Gasteiger partial charge in [-0.25, -0.2) is 0 Å². The smallest absolute Gasteiger partial charge is 0.310 e. The fourth-order valence-corrected chi connectivity index (χ4v) is 1.22. The van der Waals surface area contributed by atoms with Crippen molar-refractivity contribution in [2.45, 2.75) is 12.8 Å². The van der Waals surface area contributed by atoms with Gasteiger partial charge in [-0.2, -0.15) is 0 Å². The maximum absolute atomic E-state index is 10.8.